The normalized spacial score (nSPS) is 12.5. The first-order valence-electron chi connectivity index (χ1n) is 5.87. The highest BCUT2D eigenvalue weighted by atomic mass is 16.1. The van der Waals surface area contributed by atoms with Crippen molar-refractivity contribution in [3.63, 3.8) is 0 Å². The molecule has 1 aromatic carbocycles. The fourth-order valence-electron chi connectivity index (χ4n) is 1.96. The highest BCUT2D eigenvalue weighted by Gasteiger charge is 2.14. The van der Waals surface area contributed by atoms with Gasteiger partial charge < -0.3 is 5.73 Å². The number of carbonyl (C=O) groups is 1. The lowest BCUT2D eigenvalue weighted by Crippen LogP contribution is -2.13. The molecule has 0 aliphatic heterocycles. The number of hydrogen-bond acceptors (Lipinski definition) is 2. The van der Waals surface area contributed by atoms with Crippen LogP contribution in [0.15, 0.2) is 18.2 Å². The van der Waals surface area contributed by atoms with Crippen LogP contribution in [0.25, 0.3) is 0 Å². The molecule has 0 saturated heterocycles. The Labute approximate surface area is 97.9 Å². The maximum Gasteiger partial charge on any atom is 0.165 e. The second-order valence-electron chi connectivity index (χ2n) is 4.57. The van der Waals surface area contributed by atoms with Crippen molar-refractivity contribution in [3.05, 3.63) is 34.9 Å². The van der Waals surface area contributed by atoms with E-state index in [0.717, 1.165) is 29.5 Å². The molecular weight excluding hydrogens is 198 g/mol. The smallest absolute Gasteiger partial charge is 0.165 e. The average Bonchev–Trinajstić information content (AvgIpc) is 2.23. The van der Waals surface area contributed by atoms with E-state index in [4.69, 9.17) is 5.73 Å². The topological polar surface area (TPSA) is 43.1 Å². The molecule has 0 bridgehead atoms. The van der Waals surface area contributed by atoms with Gasteiger partial charge >= 0.3 is 0 Å². The van der Waals surface area contributed by atoms with Crippen LogP contribution in [0.4, 0.5) is 0 Å². The SMILES string of the molecule is Cc1cc(C)cc(C(=O)C(C)CCCN)c1. The summed E-state index contributed by atoms with van der Waals surface area (Å²) < 4.78 is 0. The molecule has 0 radical (unpaired) electrons. The van der Waals surface area contributed by atoms with Gasteiger partial charge in [0.2, 0.25) is 0 Å². The lowest BCUT2D eigenvalue weighted by atomic mass is 9.93. The van der Waals surface area contributed by atoms with E-state index in [2.05, 4.69) is 6.07 Å². The van der Waals surface area contributed by atoms with Gasteiger partial charge in [0.25, 0.3) is 0 Å². The Balaban J connectivity index is 2.79. The van der Waals surface area contributed by atoms with Crippen LogP contribution in [0.2, 0.25) is 0 Å². The second kappa shape index (κ2) is 5.80. The zero-order valence-electron chi connectivity index (χ0n) is 10.4. The van der Waals surface area contributed by atoms with Gasteiger partial charge in [0.05, 0.1) is 0 Å². The number of carbonyl (C=O) groups excluding carboxylic acids is 1. The van der Waals surface area contributed by atoms with Crippen molar-refractivity contribution in [3.8, 4) is 0 Å². The molecule has 0 spiro atoms. The van der Waals surface area contributed by atoms with Crippen LogP contribution in [0.1, 0.15) is 41.3 Å². The summed E-state index contributed by atoms with van der Waals surface area (Å²) in [7, 11) is 0. The molecule has 1 unspecified atom stereocenters. The molecule has 1 atom stereocenters. The van der Waals surface area contributed by atoms with E-state index < -0.39 is 0 Å². The van der Waals surface area contributed by atoms with Crippen molar-refractivity contribution in [1.82, 2.24) is 0 Å². The van der Waals surface area contributed by atoms with Crippen molar-refractivity contribution in [2.75, 3.05) is 6.54 Å². The highest BCUT2D eigenvalue weighted by Crippen LogP contribution is 2.16. The summed E-state index contributed by atoms with van der Waals surface area (Å²) in [5.74, 6) is 0.310. The van der Waals surface area contributed by atoms with E-state index in [1.165, 1.54) is 0 Å². The van der Waals surface area contributed by atoms with E-state index >= 15 is 0 Å². The first kappa shape index (κ1) is 12.9. The Morgan fingerprint density at radius 3 is 2.31 bits per heavy atom. The Morgan fingerprint density at radius 2 is 1.81 bits per heavy atom. The molecule has 2 heteroatoms. The van der Waals surface area contributed by atoms with Crippen molar-refractivity contribution in [2.45, 2.75) is 33.6 Å². The zero-order valence-corrected chi connectivity index (χ0v) is 10.4. The summed E-state index contributed by atoms with van der Waals surface area (Å²) in [5, 5.41) is 0. The lowest BCUT2D eigenvalue weighted by molar-refractivity contribution is 0.0923. The predicted octanol–water partition coefficient (Wildman–Crippen LogP) is 2.86. The average molecular weight is 219 g/mol. The third kappa shape index (κ3) is 3.46. The molecule has 0 aromatic heterocycles. The van der Waals surface area contributed by atoms with Crippen LogP contribution in [0.5, 0.6) is 0 Å². The van der Waals surface area contributed by atoms with Crippen LogP contribution >= 0.6 is 0 Å². The molecule has 0 saturated carbocycles. The summed E-state index contributed by atoms with van der Waals surface area (Å²) in [6, 6.07) is 6.02. The van der Waals surface area contributed by atoms with Gasteiger partial charge in [-0.05, 0) is 45.4 Å². The maximum absolute atomic E-state index is 12.1. The molecule has 0 fully saturated rings. The van der Waals surface area contributed by atoms with Gasteiger partial charge in [-0.2, -0.15) is 0 Å². The number of rotatable bonds is 5. The molecule has 88 valence electrons. The number of hydrogen-bond donors (Lipinski definition) is 1. The summed E-state index contributed by atoms with van der Waals surface area (Å²) in [6.07, 6.45) is 1.79. The standard InChI is InChI=1S/C14H21NO/c1-10-7-11(2)9-13(8-10)14(16)12(3)5-4-6-15/h7-9,12H,4-6,15H2,1-3H3. The third-order valence-corrected chi connectivity index (χ3v) is 2.80. The maximum atomic E-state index is 12.1. The first-order chi connectivity index (χ1) is 7.54. The lowest BCUT2D eigenvalue weighted by Gasteiger charge is -2.11. The van der Waals surface area contributed by atoms with Crippen molar-refractivity contribution >= 4 is 5.78 Å². The monoisotopic (exact) mass is 219 g/mol. The fourth-order valence-corrected chi connectivity index (χ4v) is 1.96. The largest absolute Gasteiger partial charge is 0.330 e. The summed E-state index contributed by atoms with van der Waals surface area (Å²) >= 11 is 0. The van der Waals surface area contributed by atoms with Crippen LogP contribution in [-0.4, -0.2) is 12.3 Å². The van der Waals surface area contributed by atoms with E-state index in [1.54, 1.807) is 0 Å². The van der Waals surface area contributed by atoms with Crippen LogP contribution < -0.4 is 5.73 Å². The van der Waals surface area contributed by atoms with Gasteiger partial charge in [-0.1, -0.05) is 24.1 Å². The molecule has 0 amide bonds. The van der Waals surface area contributed by atoms with Crippen molar-refractivity contribution < 1.29 is 4.79 Å². The van der Waals surface area contributed by atoms with Gasteiger partial charge in [-0.25, -0.2) is 0 Å². The van der Waals surface area contributed by atoms with Crippen LogP contribution in [0.3, 0.4) is 0 Å². The van der Waals surface area contributed by atoms with Gasteiger partial charge in [0, 0.05) is 11.5 Å². The molecule has 0 heterocycles. The number of aryl methyl sites for hydroxylation is 2. The molecule has 2 N–H and O–H groups in total. The summed E-state index contributed by atoms with van der Waals surface area (Å²) in [4.78, 5) is 12.1. The number of ketones is 1. The number of benzene rings is 1. The van der Waals surface area contributed by atoms with E-state index in [1.807, 2.05) is 32.9 Å². The van der Waals surface area contributed by atoms with E-state index in [0.29, 0.717) is 6.54 Å². The Morgan fingerprint density at radius 1 is 1.25 bits per heavy atom. The minimum atomic E-state index is 0.0738. The fraction of sp³-hybridized carbons (Fsp3) is 0.500. The van der Waals surface area contributed by atoms with Crippen molar-refractivity contribution in [1.29, 1.82) is 0 Å². The number of nitrogens with two attached hydrogens (primary N) is 1. The van der Waals surface area contributed by atoms with E-state index in [9.17, 15) is 4.79 Å². The molecule has 1 rings (SSSR count). The molecule has 0 aliphatic carbocycles. The van der Waals surface area contributed by atoms with Gasteiger partial charge in [-0.15, -0.1) is 0 Å². The van der Waals surface area contributed by atoms with Crippen molar-refractivity contribution in [2.24, 2.45) is 11.7 Å². The molecule has 16 heavy (non-hydrogen) atoms. The first-order valence-corrected chi connectivity index (χ1v) is 5.87. The zero-order chi connectivity index (χ0) is 12.1. The highest BCUT2D eigenvalue weighted by molar-refractivity contribution is 5.97. The summed E-state index contributed by atoms with van der Waals surface area (Å²) in [6.45, 7) is 6.68. The Kier molecular flexibility index (Phi) is 4.69. The molecule has 1 aromatic rings. The second-order valence-corrected chi connectivity index (χ2v) is 4.57. The van der Waals surface area contributed by atoms with Gasteiger partial charge in [0.1, 0.15) is 0 Å². The quantitative estimate of drug-likeness (QED) is 0.774. The minimum absolute atomic E-state index is 0.0738. The van der Waals surface area contributed by atoms with E-state index in [-0.39, 0.29) is 11.7 Å². The molecular formula is C14H21NO. The minimum Gasteiger partial charge on any atom is -0.330 e. The van der Waals surface area contributed by atoms with Gasteiger partial charge in [0.15, 0.2) is 5.78 Å². The predicted molar refractivity (Wildman–Crippen MR) is 67.7 cm³/mol. The summed E-state index contributed by atoms with van der Waals surface area (Å²) in [5.41, 5.74) is 8.58. The molecule has 0 aliphatic rings. The Hall–Kier alpha value is -1.15. The van der Waals surface area contributed by atoms with Gasteiger partial charge in [-0.3, -0.25) is 4.79 Å². The van der Waals surface area contributed by atoms with Crippen LogP contribution in [-0.2, 0) is 0 Å². The molecule has 2 nitrogen and oxygen atoms in total. The van der Waals surface area contributed by atoms with Crippen LogP contribution in [0, 0.1) is 19.8 Å². The number of Topliss-reactive ketones (excluding diaryl/α,β-unsaturated/α-hetero) is 1. The third-order valence-electron chi connectivity index (χ3n) is 2.80. The Bertz CT molecular complexity index is 351.